The molecule has 0 spiro atoms. The number of carboxylic acid groups (broad SMARTS) is 1. The maximum Gasteiger partial charge on any atom is 0.328 e. The molecular weight excluding hydrogens is 262 g/mol. The average Bonchev–Trinajstić information content (AvgIpc) is 2.80. The SMILES string of the molecule is Cc1coc(SCc2ccccc2/C=C/C(=O)O)n1. The van der Waals surface area contributed by atoms with E-state index < -0.39 is 5.97 Å². The second-order valence-corrected chi connectivity index (χ2v) is 4.84. The zero-order valence-electron chi connectivity index (χ0n) is 10.4. The Balaban J connectivity index is 2.09. The van der Waals surface area contributed by atoms with E-state index in [1.54, 1.807) is 12.3 Å². The number of thioether (sulfide) groups is 1. The number of nitrogens with zero attached hydrogens (tertiary/aromatic N) is 1. The Morgan fingerprint density at radius 2 is 2.26 bits per heavy atom. The van der Waals surface area contributed by atoms with E-state index in [9.17, 15) is 4.79 Å². The van der Waals surface area contributed by atoms with Crippen molar-refractivity contribution in [1.29, 1.82) is 0 Å². The number of hydrogen-bond acceptors (Lipinski definition) is 4. The van der Waals surface area contributed by atoms with E-state index >= 15 is 0 Å². The summed E-state index contributed by atoms with van der Waals surface area (Å²) < 4.78 is 5.26. The molecule has 0 atom stereocenters. The molecule has 2 aromatic rings. The number of rotatable bonds is 5. The Kier molecular flexibility index (Phi) is 4.41. The van der Waals surface area contributed by atoms with Gasteiger partial charge in [-0.15, -0.1) is 0 Å². The van der Waals surface area contributed by atoms with Gasteiger partial charge in [-0.3, -0.25) is 0 Å². The summed E-state index contributed by atoms with van der Waals surface area (Å²) in [5.74, 6) is -0.272. The fourth-order valence-corrected chi connectivity index (χ4v) is 2.39. The lowest BCUT2D eigenvalue weighted by molar-refractivity contribution is -0.131. The lowest BCUT2D eigenvalue weighted by Crippen LogP contribution is -1.89. The van der Waals surface area contributed by atoms with Crippen LogP contribution in [0.3, 0.4) is 0 Å². The minimum absolute atomic E-state index is 0.620. The zero-order valence-corrected chi connectivity index (χ0v) is 11.2. The minimum atomic E-state index is -0.953. The smallest absolute Gasteiger partial charge is 0.328 e. The summed E-state index contributed by atoms with van der Waals surface area (Å²) in [4.78, 5) is 14.8. The first-order chi connectivity index (χ1) is 9.15. The maximum atomic E-state index is 10.5. The summed E-state index contributed by atoms with van der Waals surface area (Å²) in [5, 5.41) is 9.28. The molecular formula is C14H13NO3S. The van der Waals surface area contributed by atoms with Gasteiger partial charge >= 0.3 is 5.97 Å². The van der Waals surface area contributed by atoms with Crippen molar-refractivity contribution in [3.8, 4) is 0 Å². The van der Waals surface area contributed by atoms with Gasteiger partial charge in [0, 0.05) is 11.8 Å². The number of aromatic nitrogens is 1. The van der Waals surface area contributed by atoms with Gasteiger partial charge in [-0.05, 0) is 24.1 Å². The van der Waals surface area contributed by atoms with Crippen LogP contribution >= 0.6 is 11.8 Å². The predicted molar refractivity (Wildman–Crippen MR) is 73.9 cm³/mol. The molecule has 0 fully saturated rings. The molecule has 0 bridgehead atoms. The van der Waals surface area contributed by atoms with Gasteiger partial charge in [0.05, 0.1) is 5.69 Å². The van der Waals surface area contributed by atoms with E-state index in [1.165, 1.54) is 11.8 Å². The fourth-order valence-electron chi connectivity index (χ4n) is 1.53. The molecule has 1 aromatic carbocycles. The Morgan fingerprint density at radius 3 is 2.95 bits per heavy atom. The molecule has 0 unspecified atom stereocenters. The summed E-state index contributed by atoms with van der Waals surface area (Å²) in [5.41, 5.74) is 2.78. The van der Waals surface area contributed by atoms with Crippen molar-refractivity contribution >= 4 is 23.8 Å². The van der Waals surface area contributed by atoms with Crippen LogP contribution in [-0.4, -0.2) is 16.1 Å². The average molecular weight is 275 g/mol. The largest absolute Gasteiger partial charge is 0.478 e. The van der Waals surface area contributed by atoms with Crippen molar-refractivity contribution in [2.75, 3.05) is 0 Å². The van der Waals surface area contributed by atoms with Gasteiger partial charge in [-0.2, -0.15) is 0 Å². The number of hydrogen-bond donors (Lipinski definition) is 1. The van der Waals surface area contributed by atoms with Gasteiger partial charge in [0.25, 0.3) is 5.22 Å². The third-order valence-corrected chi connectivity index (χ3v) is 3.30. The van der Waals surface area contributed by atoms with Crippen LogP contribution in [0.2, 0.25) is 0 Å². The lowest BCUT2D eigenvalue weighted by Gasteiger charge is -2.03. The number of oxazole rings is 1. The normalized spacial score (nSPS) is 11.0. The zero-order chi connectivity index (χ0) is 13.7. The molecule has 0 saturated heterocycles. The second-order valence-electron chi connectivity index (χ2n) is 3.91. The third-order valence-electron chi connectivity index (χ3n) is 2.41. The first kappa shape index (κ1) is 13.4. The summed E-state index contributed by atoms with van der Waals surface area (Å²) in [7, 11) is 0. The van der Waals surface area contributed by atoms with Crippen LogP contribution in [0.25, 0.3) is 6.08 Å². The lowest BCUT2D eigenvalue weighted by atomic mass is 10.1. The number of aryl methyl sites for hydroxylation is 1. The van der Waals surface area contributed by atoms with Crippen molar-refractivity contribution in [2.24, 2.45) is 0 Å². The molecule has 0 radical (unpaired) electrons. The van der Waals surface area contributed by atoms with Crippen molar-refractivity contribution in [3.63, 3.8) is 0 Å². The van der Waals surface area contributed by atoms with E-state index in [-0.39, 0.29) is 0 Å². The molecule has 1 aromatic heterocycles. The van der Waals surface area contributed by atoms with Crippen LogP contribution in [0, 0.1) is 6.92 Å². The molecule has 0 amide bonds. The van der Waals surface area contributed by atoms with Crippen LogP contribution in [-0.2, 0) is 10.5 Å². The number of aliphatic carboxylic acids is 1. The highest BCUT2D eigenvalue weighted by Gasteiger charge is 2.04. The van der Waals surface area contributed by atoms with Crippen molar-refractivity contribution in [3.05, 3.63) is 53.4 Å². The summed E-state index contributed by atoms with van der Waals surface area (Å²) >= 11 is 1.48. The molecule has 2 rings (SSSR count). The second kappa shape index (κ2) is 6.24. The first-order valence-electron chi connectivity index (χ1n) is 5.69. The highest BCUT2D eigenvalue weighted by atomic mass is 32.2. The number of carboxylic acids is 1. The molecule has 98 valence electrons. The van der Waals surface area contributed by atoms with Gasteiger partial charge in [-0.1, -0.05) is 36.0 Å². The number of carbonyl (C=O) groups is 1. The third kappa shape index (κ3) is 3.99. The molecule has 0 aliphatic rings. The van der Waals surface area contributed by atoms with Gasteiger partial charge in [0.1, 0.15) is 6.26 Å². The van der Waals surface area contributed by atoms with E-state index in [0.29, 0.717) is 11.0 Å². The van der Waals surface area contributed by atoms with Gasteiger partial charge in [-0.25, -0.2) is 9.78 Å². The molecule has 1 heterocycles. The van der Waals surface area contributed by atoms with Gasteiger partial charge in [0.15, 0.2) is 0 Å². The van der Waals surface area contributed by atoms with E-state index in [2.05, 4.69) is 4.98 Å². The molecule has 0 saturated carbocycles. The van der Waals surface area contributed by atoms with Crippen LogP contribution < -0.4 is 0 Å². The summed E-state index contributed by atoms with van der Waals surface area (Å²) in [6.07, 6.45) is 4.34. The highest BCUT2D eigenvalue weighted by Crippen LogP contribution is 2.24. The summed E-state index contributed by atoms with van der Waals surface area (Å²) in [6, 6.07) is 7.65. The van der Waals surface area contributed by atoms with E-state index in [4.69, 9.17) is 9.52 Å². The highest BCUT2D eigenvalue weighted by molar-refractivity contribution is 7.98. The predicted octanol–water partition coefficient (Wildman–Crippen LogP) is 3.37. The molecule has 5 heteroatoms. The van der Waals surface area contributed by atoms with Crippen LogP contribution in [0.15, 0.2) is 46.2 Å². The van der Waals surface area contributed by atoms with Crippen LogP contribution in [0.5, 0.6) is 0 Å². The summed E-state index contributed by atoms with van der Waals surface area (Å²) in [6.45, 7) is 1.87. The van der Waals surface area contributed by atoms with Crippen molar-refractivity contribution < 1.29 is 14.3 Å². The first-order valence-corrected chi connectivity index (χ1v) is 6.67. The fraction of sp³-hybridized carbons (Fsp3) is 0.143. The van der Waals surface area contributed by atoms with Gasteiger partial charge in [0.2, 0.25) is 0 Å². The Morgan fingerprint density at radius 1 is 1.47 bits per heavy atom. The minimum Gasteiger partial charge on any atom is -0.478 e. The Hall–Kier alpha value is -2.01. The van der Waals surface area contributed by atoms with E-state index in [1.807, 2.05) is 31.2 Å². The monoisotopic (exact) mass is 275 g/mol. The topological polar surface area (TPSA) is 63.3 Å². The molecule has 4 nitrogen and oxygen atoms in total. The van der Waals surface area contributed by atoms with Crippen LogP contribution in [0.4, 0.5) is 0 Å². The van der Waals surface area contributed by atoms with E-state index in [0.717, 1.165) is 22.9 Å². The van der Waals surface area contributed by atoms with Crippen molar-refractivity contribution in [1.82, 2.24) is 4.98 Å². The Labute approximate surface area is 115 Å². The van der Waals surface area contributed by atoms with Crippen molar-refractivity contribution in [2.45, 2.75) is 17.9 Å². The standard InChI is InChI=1S/C14H13NO3S/c1-10-8-18-14(15-10)19-9-12-5-3-2-4-11(12)6-7-13(16)17/h2-8H,9H2,1H3,(H,16,17)/b7-6+. The van der Waals surface area contributed by atoms with Gasteiger partial charge < -0.3 is 9.52 Å². The van der Waals surface area contributed by atoms with Crippen LogP contribution in [0.1, 0.15) is 16.8 Å². The molecule has 1 N–H and O–H groups in total. The molecule has 0 aliphatic carbocycles. The number of benzene rings is 1. The maximum absolute atomic E-state index is 10.5. The molecule has 19 heavy (non-hydrogen) atoms. The Bertz CT molecular complexity index is 604. The molecule has 0 aliphatic heterocycles. The quantitative estimate of drug-likeness (QED) is 0.669.